The molecule has 0 spiro atoms. The minimum atomic E-state index is -0.558. The smallest absolute Gasteiger partial charge is 0.267 e. The van der Waals surface area contributed by atoms with Gasteiger partial charge in [0.2, 0.25) is 6.10 Å². The highest BCUT2D eigenvalue weighted by atomic mass is 16.6. The molecule has 0 bridgehead atoms. The third-order valence-electron chi connectivity index (χ3n) is 3.92. The Morgan fingerprint density at radius 1 is 1.35 bits per heavy atom. The maximum absolute atomic E-state index is 12.4. The highest BCUT2D eigenvalue weighted by molar-refractivity contribution is 5.82. The molecule has 20 heavy (non-hydrogen) atoms. The lowest BCUT2D eigenvalue weighted by Gasteiger charge is -2.28. The Bertz CT molecular complexity index is 491. The third-order valence-corrected chi connectivity index (χ3v) is 3.92. The van der Waals surface area contributed by atoms with Gasteiger partial charge in [0.1, 0.15) is 6.61 Å². The number of amides is 1. The van der Waals surface area contributed by atoms with Crippen LogP contribution < -0.4 is 9.47 Å². The van der Waals surface area contributed by atoms with E-state index in [0.29, 0.717) is 24.0 Å². The van der Waals surface area contributed by atoms with Gasteiger partial charge in [-0.3, -0.25) is 4.79 Å². The number of aliphatic hydroxyl groups is 1. The van der Waals surface area contributed by atoms with E-state index >= 15 is 0 Å². The molecule has 0 radical (unpaired) electrons. The number of benzene rings is 1. The minimum Gasteiger partial charge on any atom is -0.485 e. The lowest BCUT2D eigenvalue weighted by molar-refractivity contribution is -0.140. The zero-order chi connectivity index (χ0) is 13.9. The zero-order valence-electron chi connectivity index (χ0n) is 11.3. The number of nitrogens with zero attached hydrogens (tertiary/aromatic N) is 1. The molecule has 0 aromatic heterocycles. The first-order valence-electron chi connectivity index (χ1n) is 7.06. The quantitative estimate of drug-likeness (QED) is 0.897. The zero-order valence-corrected chi connectivity index (χ0v) is 11.3. The van der Waals surface area contributed by atoms with Crippen LogP contribution in [0.5, 0.6) is 11.5 Å². The second kappa shape index (κ2) is 5.71. The topological polar surface area (TPSA) is 59.0 Å². The van der Waals surface area contributed by atoms with Gasteiger partial charge in [-0.05, 0) is 30.9 Å². The van der Waals surface area contributed by atoms with Crippen molar-refractivity contribution in [1.82, 2.24) is 4.90 Å². The Morgan fingerprint density at radius 2 is 2.15 bits per heavy atom. The number of ether oxygens (including phenoxy) is 2. The van der Waals surface area contributed by atoms with E-state index in [1.54, 1.807) is 0 Å². The van der Waals surface area contributed by atoms with Crippen LogP contribution in [0, 0.1) is 5.92 Å². The standard InChI is InChI=1S/C15H19NO4/c17-8-6-11-5-7-16(9-11)15(18)14-10-19-12-3-1-2-4-13(12)20-14/h1-4,11,14,17H,5-10H2. The first-order chi connectivity index (χ1) is 9.78. The summed E-state index contributed by atoms with van der Waals surface area (Å²) in [6.07, 6.45) is 1.16. The van der Waals surface area contributed by atoms with Gasteiger partial charge in [0.15, 0.2) is 11.5 Å². The van der Waals surface area contributed by atoms with E-state index in [1.807, 2.05) is 29.2 Å². The molecule has 1 N–H and O–H groups in total. The van der Waals surface area contributed by atoms with E-state index in [0.717, 1.165) is 19.4 Å². The highest BCUT2D eigenvalue weighted by Gasteiger charge is 2.34. The average molecular weight is 277 g/mol. The summed E-state index contributed by atoms with van der Waals surface area (Å²) >= 11 is 0. The molecule has 1 saturated heterocycles. The summed E-state index contributed by atoms with van der Waals surface area (Å²) in [5, 5.41) is 8.96. The summed E-state index contributed by atoms with van der Waals surface area (Å²) in [4.78, 5) is 14.2. The van der Waals surface area contributed by atoms with E-state index in [4.69, 9.17) is 14.6 Å². The van der Waals surface area contributed by atoms with Crippen LogP contribution in [-0.2, 0) is 4.79 Å². The van der Waals surface area contributed by atoms with Gasteiger partial charge in [-0.2, -0.15) is 0 Å². The van der Waals surface area contributed by atoms with Gasteiger partial charge in [0.25, 0.3) is 5.91 Å². The molecule has 1 aromatic carbocycles. The van der Waals surface area contributed by atoms with Crippen LogP contribution in [0.1, 0.15) is 12.8 Å². The van der Waals surface area contributed by atoms with Crippen LogP contribution in [0.2, 0.25) is 0 Å². The molecule has 2 atom stereocenters. The van der Waals surface area contributed by atoms with Crippen LogP contribution in [0.15, 0.2) is 24.3 Å². The molecule has 5 heteroatoms. The monoisotopic (exact) mass is 277 g/mol. The van der Waals surface area contributed by atoms with Gasteiger partial charge in [-0.25, -0.2) is 0 Å². The van der Waals surface area contributed by atoms with E-state index < -0.39 is 6.10 Å². The maximum Gasteiger partial charge on any atom is 0.267 e. The van der Waals surface area contributed by atoms with E-state index in [9.17, 15) is 4.79 Å². The fourth-order valence-electron chi connectivity index (χ4n) is 2.80. The number of para-hydroxylation sites is 2. The normalized spacial score (nSPS) is 24.8. The summed E-state index contributed by atoms with van der Waals surface area (Å²) in [5.41, 5.74) is 0. The van der Waals surface area contributed by atoms with E-state index in [2.05, 4.69) is 0 Å². The van der Waals surface area contributed by atoms with Gasteiger partial charge in [0.05, 0.1) is 0 Å². The number of likely N-dealkylation sites (tertiary alicyclic amines) is 1. The van der Waals surface area contributed by atoms with Crippen molar-refractivity contribution in [3.05, 3.63) is 24.3 Å². The first-order valence-corrected chi connectivity index (χ1v) is 7.06. The predicted molar refractivity (Wildman–Crippen MR) is 72.7 cm³/mol. The molecular weight excluding hydrogens is 258 g/mol. The molecule has 2 heterocycles. The second-order valence-electron chi connectivity index (χ2n) is 5.32. The number of fused-ring (bicyclic) bond motifs is 1. The molecule has 1 aromatic rings. The van der Waals surface area contributed by atoms with Gasteiger partial charge >= 0.3 is 0 Å². The van der Waals surface area contributed by atoms with Crippen LogP contribution >= 0.6 is 0 Å². The number of aliphatic hydroxyl groups excluding tert-OH is 1. The molecular formula is C15H19NO4. The fourth-order valence-corrected chi connectivity index (χ4v) is 2.80. The molecule has 2 aliphatic rings. The molecule has 0 aliphatic carbocycles. The van der Waals surface area contributed by atoms with Crippen LogP contribution in [0.25, 0.3) is 0 Å². The Balaban J connectivity index is 1.62. The van der Waals surface area contributed by atoms with Gasteiger partial charge in [-0.1, -0.05) is 12.1 Å². The van der Waals surface area contributed by atoms with Crippen molar-refractivity contribution in [2.45, 2.75) is 18.9 Å². The van der Waals surface area contributed by atoms with Crippen molar-refractivity contribution in [3.63, 3.8) is 0 Å². The van der Waals surface area contributed by atoms with Crippen molar-refractivity contribution in [2.75, 3.05) is 26.3 Å². The highest BCUT2D eigenvalue weighted by Crippen LogP contribution is 2.31. The van der Waals surface area contributed by atoms with Crippen LogP contribution in [0.3, 0.4) is 0 Å². The number of hydrogen-bond donors (Lipinski definition) is 1. The van der Waals surface area contributed by atoms with Gasteiger partial charge in [-0.15, -0.1) is 0 Å². The van der Waals surface area contributed by atoms with Crippen molar-refractivity contribution in [3.8, 4) is 11.5 Å². The van der Waals surface area contributed by atoms with Crippen molar-refractivity contribution in [1.29, 1.82) is 0 Å². The molecule has 2 aliphatic heterocycles. The summed E-state index contributed by atoms with van der Waals surface area (Å²) < 4.78 is 11.3. The number of carbonyl (C=O) groups is 1. The predicted octanol–water partition coefficient (Wildman–Crippen LogP) is 1.06. The Hall–Kier alpha value is -1.75. The van der Waals surface area contributed by atoms with Crippen LogP contribution in [-0.4, -0.2) is 48.3 Å². The van der Waals surface area contributed by atoms with Crippen molar-refractivity contribution >= 4 is 5.91 Å². The minimum absolute atomic E-state index is 0.0139. The van der Waals surface area contributed by atoms with E-state index in [-0.39, 0.29) is 19.1 Å². The van der Waals surface area contributed by atoms with Gasteiger partial charge in [0, 0.05) is 19.7 Å². The number of rotatable bonds is 3. The van der Waals surface area contributed by atoms with Gasteiger partial charge < -0.3 is 19.5 Å². The Kier molecular flexibility index (Phi) is 3.78. The Morgan fingerprint density at radius 3 is 2.95 bits per heavy atom. The molecule has 5 nitrogen and oxygen atoms in total. The molecule has 2 unspecified atom stereocenters. The molecule has 1 fully saturated rings. The fraction of sp³-hybridized carbons (Fsp3) is 0.533. The molecule has 1 amide bonds. The van der Waals surface area contributed by atoms with Crippen molar-refractivity contribution < 1.29 is 19.4 Å². The number of carbonyl (C=O) groups excluding carboxylic acids is 1. The maximum atomic E-state index is 12.4. The lowest BCUT2D eigenvalue weighted by Crippen LogP contribution is -2.45. The summed E-state index contributed by atoms with van der Waals surface area (Å²) in [7, 11) is 0. The summed E-state index contributed by atoms with van der Waals surface area (Å²) in [5.74, 6) is 1.71. The molecule has 0 saturated carbocycles. The third kappa shape index (κ3) is 2.58. The first kappa shape index (κ1) is 13.2. The molecule has 108 valence electrons. The summed E-state index contributed by atoms with van der Waals surface area (Å²) in [6, 6.07) is 7.39. The largest absolute Gasteiger partial charge is 0.485 e. The van der Waals surface area contributed by atoms with Crippen LogP contribution in [0.4, 0.5) is 0 Å². The SMILES string of the molecule is O=C(C1COc2ccccc2O1)N1CCC(CCO)C1. The van der Waals surface area contributed by atoms with E-state index in [1.165, 1.54) is 0 Å². The average Bonchev–Trinajstić information content (AvgIpc) is 2.95. The summed E-state index contributed by atoms with van der Waals surface area (Å²) in [6.45, 7) is 1.89. The van der Waals surface area contributed by atoms with Crippen molar-refractivity contribution in [2.24, 2.45) is 5.92 Å². The number of hydrogen-bond acceptors (Lipinski definition) is 4. The lowest BCUT2D eigenvalue weighted by atomic mass is 10.1. The Labute approximate surface area is 118 Å². The second-order valence-corrected chi connectivity index (χ2v) is 5.32. The molecule has 3 rings (SSSR count).